The van der Waals surface area contributed by atoms with Gasteiger partial charge in [-0.1, -0.05) is 6.92 Å². The van der Waals surface area contributed by atoms with Crippen molar-refractivity contribution in [3.8, 4) is 0 Å². The molecule has 4 N–H and O–H groups in total. The summed E-state index contributed by atoms with van der Waals surface area (Å²) in [5.74, 6) is 0. The molecular formula is C8H13BrN2S. The van der Waals surface area contributed by atoms with Crippen LogP contribution in [0.3, 0.4) is 0 Å². The van der Waals surface area contributed by atoms with Crippen LogP contribution >= 0.6 is 27.3 Å². The second-order valence-electron chi connectivity index (χ2n) is 2.62. The van der Waals surface area contributed by atoms with Crippen molar-refractivity contribution in [3.63, 3.8) is 0 Å². The van der Waals surface area contributed by atoms with E-state index in [1.807, 2.05) is 0 Å². The van der Waals surface area contributed by atoms with Crippen molar-refractivity contribution in [1.29, 1.82) is 0 Å². The molecule has 4 heteroatoms. The number of nitrogens with two attached hydrogens (primary N) is 2. The van der Waals surface area contributed by atoms with Crippen LogP contribution in [0, 0.1) is 0 Å². The molecule has 0 bridgehead atoms. The van der Waals surface area contributed by atoms with Gasteiger partial charge in [0.2, 0.25) is 0 Å². The zero-order chi connectivity index (χ0) is 9.14. The highest BCUT2D eigenvalue weighted by Crippen LogP contribution is 2.30. The molecule has 1 unspecified atom stereocenters. The van der Waals surface area contributed by atoms with Crippen LogP contribution in [0.25, 0.3) is 0 Å². The molecule has 2 nitrogen and oxygen atoms in total. The zero-order valence-electron chi connectivity index (χ0n) is 7.01. The summed E-state index contributed by atoms with van der Waals surface area (Å²) in [7, 11) is 0. The Labute approximate surface area is 85.1 Å². The van der Waals surface area contributed by atoms with E-state index >= 15 is 0 Å². The molecule has 0 saturated carbocycles. The summed E-state index contributed by atoms with van der Waals surface area (Å²) < 4.78 is 1.16. The molecule has 12 heavy (non-hydrogen) atoms. The van der Waals surface area contributed by atoms with E-state index in [4.69, 9.17) is 11.5 Å². The van der Waals surface area contributed by atoms with E-state index in [-0.39, 0.29) is 6.04 Å². The first-order valence-electron chi connectivity index (χ1n) is 3.92. The maximum atomic E-state index is 5.80. The molecule has 1 heterocycles. The molecule has 1 aromatic heterocycles. The van der Waals surface area contributed by atoms with Crippen LogP contribution in [0.15, 0.2) is 10.5 Å². The predicted molar refractivity (Wildman–Crippen MR) is 57.4 cm³/mol. The van der Waals surface area contributed by atoms with Gasteiger partial charge in [0, 0.05) is 20.8 Å². The summed E-state index contributed by atoms with van der Waals surface area (Å²) in [5, 5.41) is 0. The first-order valence-corrected chi connectivity index (χ1v) is 5.53. The third-order valence-corrected chi connectivity index (χ3v) is 4.10. The normalized spacial score (nSPS) is 13.3. The standard InChI is InChI=1S/C8H13BrN2S/c1-2-7-5(9)3-8(12-7)6(11)4-10/h3,6H,2,4,10-11H2,1H3. The van der Waals surface area contributed by atoms with Gasteiger partial charge in [-0.25, -0.2) is 0 Å². The number of aryl methyl sites for hydroxylation is 1. The van der Waals surface area contributed by atoms with Crippen molar-refractivity contribution >= 4 is 27.3 Å². The fraction of sp³-hybridized carbons (Fsp3) is 0.500. The van der Waals surface area contributed by atoms with Gasteiger partial charge in [0.1, 0.15) is 0 Å². The first kappa shape index (κ1) is 10.2. The largest absolute Gasteiger partial charge is 0.329 e. The Morgan fingerprint density at radius 1 is 1.67 bits per heavy atom. The van der Waals surface area contributed by atoms with Crippen LogP contribution in [0.5, 0.6) is 0 Å². The van der Waals surface area contributed by atoms with Gasteiger partial charge >= 0.3 is 0 Å². The van der Waals surface area contributed by atoms with Crippen LogP contribution in [0.4, 0.5) is 0 Å². The predicted octanol–water partition coefficient (Wildman–Crippen LogP) is 2.03. The third-order valence-electron chi connectivity index (χ3n) is 1.72. The molecule has 0 aliphatic carbocycles. The Balaban J connectivity index is 2.88. The van der Waals surface area contributed by atoms with Crippen LogP contribution < -0.4 is 11.5 Å². The summed E-state index contributed by atoms with van der Waals surface area (Å²) in [4.78, 5) is 2.51. The van der Waals surface area contributed by atoms with Gasteiger partial charge in [-0.05, 0) is 28.4 Å². The van der Waals surface area contributed by atoms with Crippen molar-refractivity contribution < 1.29 is 0 Å². The molecule has 0 aliphatic heterocycles. The van der Waals surface area contributed by atoms with Crippen LogP contribution in [-0.2, 0) is 6.42 Å². The Morgan fingerprint density at radius 2 is 2.33 bits per heavy atom. The summed E-state index contributed by atoms with van der Waals surface area (Å²) >= 11 is 5.23. The summed E-state index contributed by atoms with van der Waals surface area (Å²) in [5.41, 5.74) is 11.3. The molecule has 1 aromatic rings. The Kier molecular flexibility index (Phi) is 3.71. The lowest BCUT2D eigenvalue weighted by Crippen LogP contribution is -2.19. The Morgan fingerprint density at radius 3 is 2.75 bits per heavy atom. The quantitative estimate of drug-likeness (QED) is 0.861. The molecule has 1 rings (SSSR count). The molecule has 0 spiro atoms. The van der Waals surface area contributed by atoms with Crippen molar-refractivity contribution in [2.24, 2.45) is 11.5 Å². The molecule has 0 aromatic carbocycles. The summed E-state index contributed by atoms with van der Waals surface area (Å²) in [6.07, 6.45) is 1.04. The molecular weight excluding hydrogens is 236 g/mol. The average Bonchev–Trinajstić information content (AvgIpc) is 2.45. The Bertz CT molecular complexity index is 260. The zero-order valence-corrected chi connectivity index (χ0v) is 9.41. The second kappa shape index (κ2) is 4.37. The highest BCUT2D eigenvalue weighted by molar-refractivity contribution is 9.10. The van der Waals surface area contributed by atoms with Crippen LogP contribution in [0.2, 0.25) is 0 Å². The second-order valence-corrected chi connectivity index (χ2v) is 4.64. The smallest absolute Gasteiger partial charge is 0.0514 e. The number of hydrogen-bond donors (Lipinski definition) is 2. The molecule has 0 fully saturated rings. The van der Waals surface area contributed by atoms with E-state index in [0.29, 0.717) is 6.54 Å². The van der Waals surface area contributed by atoms with Gasteiger partial charge in [-0.3, -0.25) is 0 Å². The molecule has 0 aliphatic rings. The SMILES string of the molecule is CCc1sc(C(N)CN)cc1Br. The van der Waals surface area contributed by atoms with Crippen LogP contribution in [0.1, 0.15) is 22.7 Å². The fourth-order valence-electron chi connectivity index (χ4n) is 0.966. The maximum absolute atomic E-state index is 5.80. The molecule has 1 atom stereocenters. The van der Waals surface area contributed by atoms with Gasteiger partial charge < -0.3 is 11.5 Å². The van der Waals surface area contributed by atoms with Gasteiger partial charge in [0.05, 0.1) is 6.04 Å². The minimum atomic E-state index is -0.00778. The number of halogens is 1. The van der Waals surface area contributed by atoms with Crippen molar-refractivity contribution in [2.75, 3.05) is 6.54 Å². The number of hydrogen-bond acceptors (Lipinski definition) is 3. The van der Waals surface area contributed by atoms with E-state index in [0.717, 1.165) is 10.9 Å². The summed E-state index contributed by atoms with van der Waals surface area (Å²) in [6, 6.07) is 2.06. The van der Waals surface area contributed by atoms with Crippen molar-refractivity contribution in [1.82, 2.24) is 0 Å². The highest BCUT2D eigenvalue weighted by atomic mass is 79.9. The molecule has 0 radical (unpaired) electrons. The monoisotopic (exact) mass is 248 g/mol. The number of thiophene rings is 1. The lowest BCUT2D eigenvalue weighted by atomic mass is 10.2. The topological polar surface area (TPSA) is 52.0 Å². The molecule has 0 amide bonds. The van der Waals surface area contributed by atoms with Gasteiger partial charge in [-0.15, -0.1) is 11.3 Å². The Hall–Kier alpha value is 0.100. The number of rotatable bonds is 3. The minimum Gasteiger partial charge on any atom is -0.329 e. The lowest BCUT2D eigenvalue weighted by molar-refractivity contribution is 0.751. The first-order chi connectivity index (χ1) is 5.69. The fourth-order valence-corrected chi connectivity index (χ4v) is 2.90. The lowest BCUT2D eigenvalue weighted by Gasteiger charge is -2.03. The molecule has 68 valence electrons. The van der Waals surface area contributed by atoms with E-state index in [9.17, 15) is 0 Å². The molecule has 0 saturated heterocycles. The minimum absolute atomic E-state index is 0.00778. The van der Waals surface area contributed by atoms with Gasteiger partial charge in [0.15, 0.2) is 0 Å². The average molecular weight is 249 g/mol. The van der Waals surface area contributed by atoms with E-state index in [1.54, 1.807) is 11.3 Å². The van der Waals surface area contributed by atoms with E-state index in [1.165, 1.54) is 9.75 Å². The highest BCUT2D eigenvalue weighted by Gasteiger charge is 2.09. The van der Waals surface area contributed by atoms with Gasteiger partial charge in [0.25, 0.3) is 0 Å². The maximum Gasteiger partial charge on any atom is 0.0514 e. The van der Waals surface area contributed by atoms with Crippen LogP contribution in [-0.4, -0.2) is 6.54 Å². The van der Waals surface area contributed by atoms with E-state index in [2.05, 4.69) is 28.9 Å². The van der Waals surface area contributed by atoms with Crippen molar-refractivity contribution in [3.05, 3.63) is 20.3 Å². The van der Waals surface area contributed by atoms with Gasteiger partial charge in [-0.2, -0.15) is 0 Å². The third kappa shape index (κ3) is 2.07. The summed E-state index contributed by atoms with van der Waals surface area (Å²) in [6.45, 7) is 2.64. The van der Waals surface area contributed by atoms with E-state index < -0.39 is 0 Å². The van der Waals surface area contributed by atoms with Crippen molar-refractivity contribution in [2.45, 2.75) is 19.4 Å².